The molecule has 19 heavy (non-hydrogen) atoms. The molecule has 0 saturated carbocycles. The molecule has 112 valence electrons. The lowest BCUT2D eigenvalue weighted by Crippen LogP contribution is -2.36. The predicted octanol–water partition coefficient (Wildman–Crippen LogP) is -1.69. The minimum Gasteiger partial charge on any atom is -0.480 e. The van der Waals surface area contributed by atoms with Crippen molar-refractivity contribution in [1.82, 2.24) is 0 Å². The summed E-state index contributed by atoms with van der Waals surface area (Å²) < 4.78 is 4.95. The van der Waals surface area contributed by atoms with Crippen LogP contribution in [0, 0.1) is 0 Å². The van der Waals surface area contributed by atoms with Crippen LogP contribution in [0.2, 0.25) is 0 Å². The van der Waals surface area contributed by atoms with Gasteiger partial charge in [0.1, 0.15) is 12.1 Å². The van der Waals surface area contributed by atoms with E-state index in [1.165, 1.54) is 11.8 Å². The van der Waals surface area contributed by atoms with Gasteiger partial charge in [-0.05, 0) is 12.2 Å². The van der Waals surface area contributed by atoms with Gasteiger partial charge in [-0.2, -0.15) is 11.8 Å². The molecule has 1 unspecified atom stereocenters. The average molecular weight is 296 g/mol. The molecule has 8 nitrogen and oxygen atoms in total. The van der Waals surface area contributed by atoms with E-state index in [1.807, 2.05) is 0 Å². The zero-order valence-electron chi connectivity index (χ0n) is 10.4. The maximum atomic E-state index is 10.4. The normalized spacial score (nSPS) is 15.7. The molecule has 0 aliphatic carbocycles. The molecule has 0 bridgehead atoms. The Bertz CT molecular complexity index is 291. The molecule has 0 aliphatic rings. The van der Waals surface area contributed by atoms with Crippen LogP contribution >= 0.6 is 11.8 Å². The van der Waals surface area contributed by atoms with Crippen molar-refractivity contribution in [3.05, 3.63) is 0 Å². The first-order valence-electron chi connectivity index (χ1n) is 5.65. The molecule has 7 N–H and O–H groups in total. The number of hydrogen-bond acceptors (Lipinski definition) is 7. The lowest BCUT2D eigenvalue weighted by Gasteiger charge is -2.13. The summed E-state index contributed by atoms with van der Waals surface area (Å²) in [5.74, 6) is -1.34. The van der Waals surface area contributed by atoms with Gasteiger partial charge in [-0.15, -0.1) is 0 Å². The van der Waals surface area contributed by atoms with E-state index in [-0.39, 0.29) is 13.2 Å². The zero-order valence-corrected chi connectivity index (χ0v) is 11.2. The molecule has 0 amide bonds. The summed E-state index contributed by atoms with van der Waals surface area (Å²) in [6.45, 7) is -0.181. The second-order valence-corrected chi connectivity index (χ2v) is 5.09. The summed E-state index contributed by atoms with van der Waals surface area (Å²) in [5.41, 5.74) is 10.5. The summed E-state index contributed by atoms with van der Waals surface area (Å²) in [7, 11) is 0. The molecule has 0 radical (unpaired) electrons. The van der Waals surface area contributed by atoms with Crippen molar-refractivity contribution in [3.63, 3.8) is 0 Å². The number of aliphatic hydroxyl groups is 1. The molecule has 9 heteroatoms. The monoisotopic (exact) mass is 296 g/mol. The van der Waals surface area contributed by atoms with E-state index < -0.39 is 30.1 Å². The Morgan fingerprint density at radius 2 is 1.68 bits per heavy atom. The first-order valence-corrected chi connectivity index (χ1v) is 6.80. The van der Waals surface area contributed by atoms with Crippen molar-refractivity contribution in [2.75, 3.05) is 24.7 Å². The molecular weight excluding hydrogens is 276 g/mol. The third kappa shape index (κ3) is 9.68. The minimum absolute atomic E-state index is 0.0149. The minimum atomic E-state index is -1.16. The van der Waals surface area contributed by atoms with Gasteiger partial charge in [0.25, 0.3) is 0 Å². The van der Waals surface area contributed by atoms with Gasteiger partial charge in [0.05, 0.1) is 19.3 Å². The highest BCUT2D eigenvalue weighted by atomic mass is 32.2. The van der Waals surface area contributed by atoms with E-state index in [1.54, 1.807) is 0 Å². The largest absolute Gasteiger partial charge is 0.480 e. The third-order valence-corrected chi connectivity index (χ3v) is 3.27. The number of carboxylic acid groups (broad SMARTS) is 2. The number of rotatable bonds is 11. The zero-order chi connectivity index (χ0) is 14.8. The van der Waals surface area contributed by atoms with E-state index >= 15 is 0 Å². The number of nitrogens with two attached hydrogens (primary N) is 2. The summed E-state index contributed by atoms with van der Waals surface area (Å²) in [6.07, 6.45) is -0.440. The summed E-state index contributed by atoms with van der Waals surface area (Å²) >= 11 is 1.35. The van der Waals surface area contributed by atoms with Crippen molar-refractivity contribution in [2.24, 2.45) is 11.5 Å². The molecule has 0 aromatic heterocycles. The van der Waals surface area contributed by atoms with Crippen LogP contribution in [0.1, 0.15) is 6.42 Å². The van der Waals surface area contributed by atoms with E-state index in [2.05, 4.69) is 0 Å². The van der Waals surface area contributed by atoms with Crippen molar-refractivity contribution in [3.8, 4) is 0 Å². The number of aliphatic hydroxyl groups excluding tert-OH is 1. The fourth-order valence-electron chi connectivity index (χ4n) is 1.00. The SMILES string of the molecule is N[C@@H](CCSCC(O)COC[C@H](N)C(=O)O)C(=O)O. The Morgan fingerprint density at radius 3 is 2.21 bits per heavy atom. The van der Waals surface area contributed by atoms with E-state index in [0.29, 0.717) is 17.9 Å². The maximum Gasteiger partial charge on any atom is 0.322 e. The summed E-state index contributed by atoms with van der Waals surface area (Å²) in [6, 6.07) is -2.00. The van der Waals surface area contributed by atoms with Crippen molar-refractivity contribution < 1.29 is 29.6 Å². The lowest BCUT2D eigenvalue weighted by atomic mass is 10.2. The van der Waals surface area contributed by atoms with Crippen molar-refractivity contribution >= 4 is 23.7 Å². The van der Waals surface area contributed by atoms with E-state index in [4.69, 9.17) is 26.4 Å². The quantitative estimate of drug-likeness (QED) is 0.281. The fraction of sp³-hybridized carbons (Fsp3) is 0.800. The molecule has 0 fully saturated rings. The van der Waals surface area contributed by atoms with Crippen LogP contribution in [0.3, 0.4) is 0 Å². The number of ether oxygens (including phenoxy) is 1. The van der Waals surface area contributed by atoms with E-state index in [0.717, 1.165) is 0 Å². The molecule has 0 rings (SSSR count). The maximum absolute atomic E-state index is 10.4. The number of thioether (sulfide) groups is 1. The first-order chi connectivity index (χ1) is 8.84. The number of hydrogen-bond donors (Lipinski definition) is 5. The van der Waals surface area contributed by atoms with E-state index in [9.17, 15) is 14.7 Å². The Balaban J connectivity index is 3.52. The Kier molecular flexibility index (Phi) is 9.53. The topological polar surface area (TPSA) is 156 Å². The van der Waals surface area contributed by atoms with Gasteiger partial charge in [0, 0.05) is 5.75 Å². The highest BCUT2D eigenvalue weighted by molar-refractivity contribution is 7.99. The third-order valence-electron chi connectivity index (χ3n) is 2.13. The molecule has 0 heterocycles. The van der Waals surface area contributed by atoms with Crippen LogP contribution in [0.5, 0.6) is 0 Å². The van der Waals surface area contributed by atoms with Crippen LogP contribution in [-0.4, -0.2) is 70.2 Å². The fourth-order valence-corrected chi connectivity index (χ4v) is 1.96. The molecule has 0 spiro atoms. The number of carboxylic acids is 2. The van der Waals surface area contributed by atoms with Gasteiger partial charge in [-0.3, -0.25) is 9.59 Å². The molecular formula is C10H20N2O6S. The Labute approximate surface area is 115 Å². The van der Waals surface area contributed by atoms with Gasteiger partial charge >= 0.3 is 11.9 Å². The Morgan fingerprint density at radius 1 is 1.11 bits per heavy atom. The number of aliphatic carboxylic acids is 2. The lowest BCUT2D eigenvalue weighted by molar-refractivity contribution is -0.140. The van der Waals surface area contributed by atoms with Gasteiger partial charge in [-0.25, -0.2) is 0 Å². The highest BCUT2D eigenvalue weighted by Gasteiger charge is 2.14. The van der Waals surface area contributed by atoms with Crippen LogP contribution in [-0.2, 0) is 14.3 Å². The molecule has 0 saturated heterocycles. The molecule has 3 atom stereocenters. The first kappa shape index (κ1) is 18.1. The average Bonchev–Trinajstić information content (AvgIpc) is 2.33. The smallest absolute Gasteiger partial charge is 0.322 e. The molecule has 0 aromatic rings. The van der Waals surface area contributed by atoms with Crippen LogP contribution < -0.4 is 11.5 Å². The van der Waals surface area contributed by atoms with Crippen molar-refractivity contribution in [1.29, 1.82) is 0 Å². The second-order valence-electron chi connectivity index (χ2n) is 3.94. The van der Waals surface area contributed by atoms with Crippen LogP contribution in [0.15, 0.2) is 0 Å². The van der Waals surface area contributed by atoms with Crippen LogP contribution in [0.25, 0.3) is 0 Å². The molecule has 0 aromatic carbocycles. The summed E-state index contributed by atoms with van der Waals surface area (Å²) in [4.78, 5) is 20.8. The van der Waals surface area contributed by atoms with Gasteiger partial charge in [-0.1, -0.05) is 0 Å². The second kappa shape index (κ2) is 9.98. The predicted molar refractivity (Wildman–Crippen MR) is 70.0 cm³/mol. The summed E-state index contributed by atoms with van der Waals surface area (Å²) in [5, 5.41) is 26.5. The van der Waals surface area contributed by atoms with Gasteiger partial charge in [0.15, 0.2) is 0 Å². The van der Waals surface area contributed by atoms with Gasteiger partial charge < -0.3 is 31.5 Å². The number of carbonyl (C=O) groups is 2. The van der Waals surface area contributed by atoms with Crippen molar-refractivity contribution in [2.45, 2.75) is 24.6 Å². The van der Waals surface area contributed by atoms with Gasteiger partial charge in [0.2, 0.25) is 0 Å². The Hall–Kier alpha value is -0.870. The highest BCUT2D eigenvalue weighted by Crippen LogP contribution is 2.07. The van der Waals surface area contributed by atoms with Crippen LogP contribution in [0.4, 0.5) is 0 Å². The molecule has 0 aliphatic heterocycles. The standard InChI is InChI=1S/C10H20N2O6S/c11-7(9(14)15)1-2-19-5-6(13)3-18-4-8(12)10(16)17/h6-8,13H,1-5,11-12H2,(H,14,15)(H,16,17)/t6?,7-,8-/m0/s1.